The Bertz CT molecular complexity index is 366. The topological polar surface area (TPSA) is 62.2 Å². The molecule has 1 heterocycles. The van der Waals surface area contributed by atoms with Crippen molar-refractivity contribution < 1.29 is 14.3 Å². The Morgan fingerprint density at radius 2 is 2.16 bits per heavy atom. The van der Waals surface area contributed by atoms with Crippen molar-refractivity contribution in [2.45, 2.75) is 26.7 Å². The number of rotatable bonds is 7. The molecule has 0 radical (unpaired) electrons. The Hall–Kier alpha value is -1.43. The molecule has 1 unspecified atom stereocenters. The highest BCUT2D eigenvalue weighted by atomic mass is 16.5. The lowest BCUT2D eigenvalue weighted by atomic mass is 9.98. The Labute approximate surface area is 114 Å². The first-order chi connectivity index (χ1) is 8.95. The summed E-state index contributed by atoms with van der Waals surface area (Å²) < 4.78 is 4.87. The second-order valence-corrected chi connectivity index (χ2v) is 4.90. The molecule has 1 atom stereocenters. The Morgan fingerprint density at radius 3 is 2.74 bits per heavy atom. The van der Waals surface area contributed by atoms with Crippen molar-refractivity contribution in [3.05, 3.63) is 0 Å². The number of hydrogen-bond donors (Lipinski definition) is 0. The van der Waals surface area contributed by atoms with Gasteiger partial charge in [0.25, 0.3) is 5.91 Å². The van der Waals surface area contributed by atoms with E-state index in [1.807, 2.05) is 25.9 Å². The molecule has 0 bridgehead atoms. The summed E-state index contributed by atoms with van der Waals surface area (Å²) in [5, 5.41) is 5.77. The van der Waals surface area contributed by atoms with Gasteiger partial charge in [-0.2, -0.15) is 5.10 Å². The van der Waals surface area contributed by atoms with Gasteiger partial charge in [-0.25, -0.2) is 5.01 Å². The summed E-state index contributed by atoms with van der Waals surface area (Å²) in [6.07, 6.45) is 0.740. The van der Waals surface area contributed by atoms with Crippen LogP contribution >= 0.6 is 0 Å². The van der Waals surface area contributed by atoms with E-state index < -0.39 is 0 Å². The fourth-order valence-electron chi connectivity index (χ4n) is 1.95. The van der Waals surface area contributed by atoms with Crippen LogP contribution < -0.4 is 0 Å². The van der Waals surface area contributed by atoms with Crippen LogP contribution in [0.4, 0.5) is 0 Å². The third-order valence-corrected chi connectivity index (χ3v) is 3.04. The number of hydrogen-bond acceptors (Lipinski definition) is 5. The molecule has 0 aliphatic carbocycles. The summed E-state index contributed by atoms with van der Waals surface area (Å²) in [6, 6.07) is 0. The molecule has 0 aromatic rings. The van der Waals surface area contributed by atoms with E-state index in [9.17, 15) is 9.59 Å². The maximum absolute atomic E-state index is 12.1. The molecule has 1 amide bonds. The number of esters is 1. The number of hydrazone groups is 1. The summed E-state index contributed by atoms with van der Waals surface area (Å²) in [7, 11) is 3.91. The number of likely N-dealkylation sites (N-methyl/N-ethyl adjacent to an activating group) is 1. The standard InChI is InChI=1S/C13H23N3O3/c1-5-19-12(17)7-6-11-10(2)14-16(13(11)18)9-8-15(3)4/h11H,5-9H2,1-4H3. The predicted molar refractivity (Wildman–Crippen MR) is 72.7 cm³/mol. The first-order valence-electron chi connectivity index (χ1n) is 6.62. The number of carbonyl (C=O) groups excluding carboxylic acids is 2. The molecule has 0 saturated carbocycles. The fraction of sp³-hybridized carbons (Fsp3) is 0.769. The van der Waals surface area contributed by atoms with Crippen LogP contribution in [0.3, 0.4) is 0 Å². The van der Waals surface area contributed by atoms with Gasteiger partial charge in [0.15, 0.2) is 0 Å². The van der Waals surface area contributed by atoms with Crippen LogP contribution in [0.25, 0.3) is 0 Å². The van der Waals surface area contributed by atoms with Crippen LogP contribution in [0.5, 0.6) is 0 Å². The first-order valence-corrected chi connectivity index (χ1v) is 6.62. The molecule has 0 N–H and O–H groups in total. The minimum Gasteiger partial charge on any atom is -0.466 e. The molecular formula is C13H23N3O3. The van der Waals surface area contributed by atoms with Gasteiger partial charge in [-0.15, -0.1) is 0 Å². The van der Waals surface area contributed by atoms with Crippen molar-refractivity contribution >= 4 is 17.6 Å². The first kappa shape index (κ1) is 15.6. The lowest BCUT2D eigenvalue weighted by molar-refractivity contribution is -0.143. The number of nitrogens with zero attached hydrogens (tertiary/aromatic N) is 3. The minimum atomic E-state index is -0.272. The molecule has 0 aromatic carbocycles. The van der Waals surface area contributed by atoms with Crippen molar-refractivity contribution in [2.24, 2.45) is 11.0 Å². The summed E-state index contributed by atoms with van der Waals surface area (Å²) >= 11 is 0. The quantitative estimate of drug-likeness (QED) is 0.639. The van der Waals surface area contributed by atoms with Crippen LogP contribution in [-0.2, 0) is 14.3 Å². The second-order valence-electron chi connectivity index (χ2n) is 4.90. The molecule has 1 aliphatic rings. The second kappa shape index (κ2) is 7.23. The van der Waals surface area contributed by atoms with Crippen LogP contribution in [0.1, 0.15) is 26.7 Å². The van der Waals surface area contributed by atoms with E-state index in [1.54, 1.807) is 6.92 Å². The lowest BCUT2D eigenvalue weighted by Gasteiger charge is -2.16. The largest absolute Gasteiger partial charge is 0.466 e. The van der Waals surface area contributed by atoms with Gasteiger partial charge in [-0.3, -0.25) is 9.59 Å². The van der Waals surface area contributed by atoms with E-state index in [0.29, 0.717) is 19.6 Å². The minimum absolute atomic E-state index is 0.0105. The van der Waals surface area contributed by atoms with Crippen LogP contribution in [0.15, 0.2) is 5.10 Å². The molecule has 0 saturated heterocycles. The third kappa shape index (κ3) is 4.63. The van der Waals surface area contributed by atoms with Gasteiger partial charge in [0, 0.05) is 18.7 Å². The molecule has 0 aromatic heterocycles. The van der Waals surface area contributed by atoms with Gasteiger partial charge in [0.2, 0.25) is 0 Å². The van der Waals surface area contributed by atoms with Crippen molar-refractivity contribution in [3.8, 4) is 0 Å². The van der Waals surface area contributed by atoms with Gasteiger partial charge >= 0.3 is 5.97 Å². The van der Waals surface area contributed by atoms with Gasteiger partial charge < -0.3 is 9.64 Å². The summed E-state index contributed by atoms with van der Waals surface area (Å²) in [5.41, 5.74) is 0.785. The number of carbonyl (C=O) groups is 2. The third-order valence-electron chi connectivity index (χ3n) is 3.04. The molecule has 1 rings (SSSR count). The van der Waals surface area contributed by atoms with E-state index >= 15 is 0 Å². The Balaban J connectivity index is 2.46. The van der Waals surface area contributed by atoms with Crippen molar-refractivity contribution in [1.29, 1.82) is 0 Å². The average Bonchev–Trinajstić information content (AvgIpc) is 2.60. The smallest absolute Gasteiger partial charge is 0.305 e. The van der Waals surface area contributed by atoms with Gasteiger partial charge in [0.05, 0.1) is 19.1 Å². The van der Waals surface area contributed by atoms with Crippen LogP contribution in [0, 0.1) is 5.92 Å². The Morgan fingerprint density at radius 1 is 1.47 bits per heavy atom. The molecular weight excluding hydrogens is 246 g/mol. The lowest BCUT2D eigenvalue weighted by Crippen LogP contribution is -2.33. The monoisotopic (exact) mass is 269 g/mol. The summed E-state index contributed by atoms with van der Waals surface area (Å²) in [4.78, 5) is 25.5. The van der Waals surface area contributed by atoms with Gasteiger partial charge in [-0.1, -0.05) is 0 Å². The highest BCUT2D eigenvalue weighted by molar-refractivity contribution is 6.07. The molecule has 6 nitrogen and oxygen atoms in total. The molecule has 1 aliphatic heterocycles. The molecule has 0 fully saturated rings. The van der Waals surface area contributed by atoms with Crippen LogP contribution in [0.2, 0.25) is 0 Å². The van der Waals surface area contributed by atoms with Crippen molar-refractivity contribution in [3.63, 3.8) is 0 Å². The van der Waals surface area contributed by atoms with E-state index in [4.69, 9.17) is 4.74 Å². The zero-order valence-corrected chi connectivity index (χ0v) is 12.2. The SMILES string of the molecule is CCOC(=O)CCC1C(=O)N(CCN(C)C)N=C1C. The zero-order valence-electron chi connectivity index (χ0n) is 12.2. The molecule has 19 heavy (non-hydrogen) atoms. The summed E-state index contributed by atoms with van der Waals surface area (Å²) in [6.45, 7) is 5.34. The molecule has 6 heteroatoms. The fourth-order valence-corrected chi connectivity index (χ4v) is 1.95. The molecule has 108 valence electrons. The zero-order chi connectivity index (χ0) is 14.4. The maximum atomic E-state index is 12.1. The number of amides is 1. The van der Waals surface area contributed by atoms with Crippen molar-refractivity contribution in [1.82, 2.24) is 9.91 Å². The summed E-state index contributed by atoms with van der Waals surface area (Å²) in [5.74, 6) is -0.537. The van der Waals surface area contributed by atoms with Crippen molar-refractivity contribution in [2.75, 3.05) is 33.8 Å². The van der Waals surface area contributed by atoms with Gasteiger partial charge in [-0.05, 0) is 34.4 Å². The van der Waals surface area contributed by atoms with E-state index in [2.05, 4.69) is 5.10 Å². The van der Waals surface area contributed by atoms with Crippen LogP contribution in [-0.4, -0.2) is 61.3 Å². The predicted octanol–water partition coefficient (Wildman–Crippen LogP) is 0.726. The highest BCUT2D eigenvalue weighted by Gasteiger charge is 2.33. The molecule has 0 spiro atoms. The Kier molecular flexibility index (Phi) is 5.95. The average molecular weight is 269 g/mol. The van der Waals surface area contributed by atoms with E-state index in [1.165, 1.54) is 5.01 Å². The number of ether oxygens (including phenoxy) is 1. The maximum Gasteiger partial charge on any atom is 0.305 e. The van der Waals surface area contributed by atoms with E-state index in [0.717, 1.165) is 12.3 Å². The normalized spacial score (nSPS) is 19.0. The highest BCUT2D eigenvalue weighted by Crippen LogP contribution is 2.20. The van der Waals surface area contributed by atoms with E-state index in [-0.39, 0.29) is 24.2 Å². The van der Waals surface area contributed by atoms with Gasteiger partial charge in [0.1, 0.15) is 0 Å².